The van der Waals surface area contributed by atoms with Crippen molar-refractivity contribution in [2.24, 2.45) is 0 Å². The van der Waals surface area contributed by atoms with Gasteiger partial charge in [-0.3, -0.25) is 0 Å². The second-order valence-electron chi connectivity index (χ2n) is 4.69. The van der Waals surface area contributed by atoms with Crippen LogP contribution in [-0.4, -0.2) is 11.0 Å². The summed E-state index contributed by atoms with van der Waals surface area (Å²) < 4.78 is 0. The lowest BCUT2D eigenvalue weighted by atomic mass is 10.2. The molecule has 18 heavy (non-hydrogen) atoms. The van der Waals surface area contributed by atoms with Gasteiger partial charge in [0.2, 0.25) is 0 Å². The first-order valence-corrected chi connectivity index (χ1v) is 6.90. The molecule has 2 heterocycles. The molecule has 0 aliphatic carbocycles. The van der Waals surface area contributed by atoms with Gasteiger partial charge in [0.15, 0.2) is 0 Å². The van der Waals surface area contributed by atoms with Gasteiger partial charge in [-0.2, -0.15) is 0 Å². The van der Waals surface area contributed by atoms with Gasteiger partial charge < -0.3 is 11.1 Å². The highest BCUT2D eigenvalue weighted by atomic mass is 32.1. The zero-order valence-electron chi connectivity index (χ0n) is 11.0. The van der Waals surface area contributed by atoms with Crippen LogP contribution < -0.4 is 11.1 Å². The molecule has 2 rings (SSSR count). The Morgan fingerprint density at radius 2 is 2.17 bits per heavy atom. The lowest BCUT2D eigenvalue weighted by molar-refractivity contribution is 0.794. The Kier molecular flexibility index (Phi) is 3.87. The minimum Gasteiger partial charge on any atom is -0.397 e. The second kappa shape index (κ2) is 5.40. The van der Waals surface area contributed by atoms with E-state index in [9.17, 15) is 0 Å². The third-order valence-electron chi connectivity index (χ3n) is 2.85. The lowest BCUT2D eigenvalue weighted by Crippen LogP contribution is -2.18. The van der Waals surface area contributed by atoms with E-state index in [1.54, 1.807) is 6.20 Å². The normalized spacial score (nSPS) is 12.4. The molecular formula is C14H19N3S. The van der Waals surface area contributed by atoms with E-state index in [0.29, 0.717) is 6.04 Å². The van der Waals surface area contributed by atoms with E-state index in [4.69, 9.17) is 5.73 Å². The number of hydrogen-bond donors (Lipinski definition) is 2. The molecule has 2 aromatic heterocycles. The molecule has 0 saturated carbocycles. The Balaban J connectivity index is 1.98. The molecule has 2 aromatic rings. The van der Waals surface area contributed by atoms with E-state index < -0.39 is 0 Å². The molecule has 0 aliphatic rings. The molecule has 1 atom stereocenters. The summed E-state index contributed by atoms with van der Waals surface area (Å²) >= 11 is 1.85. The predicted molar refractivity (Wildman–Crippen MR) is 79.2 cm³/mol. The maximum atomic E-state index is 5.76. The van der Waals surface area contributed by atoms with Crippen molar-refractivity contribution in [3.05, 3.63) is 39.7 Å². The molecule has 0 radical (unpaired) electrons. The number of pyridine rings is 1. The van der Waals surface area contributed by atoms with Crippen molar-refractivity contribution < 1.29 is 0 Å². The van der Waals surface area contributed by atoms with Crippen LogP contribution in [0.4, 0.5) is 11.5 Å². The summed E-state index contributed by atoms with van der Waals surface area (Å²) in [6.07, 6.45) is 2.73. The zero-order valence-corrected chi connectivity index (χ0v) is 11.8. The van der Waals surface area contributed by atoms with Gasteiger partial charge in [-0.25, -0.2) is 4.98 Å². The van der Waals surface area contributed by atoms with Gasteiger partial charge >= 0.3 is 0 Å². The smallest absolute Gasteiger partial charge is 0.126 e. The van der Waals surface area contributed by atoms with Crippen molar-refractivity contribution in [3.63, 3.8) is 0 Å². The molecule has 0 aromatic carbocycles. The van der Waals surface area contributed by atoms with Crippen LogP contribution in [0.25, 0.3) is 0 Å². The second-order valence-corrected chi connectivity index (χ2v) is 6.06. The quantitative estimate of drug-likeness (QED) is 0.887. The number of rotatable bonds is 4. The first-order valence-electron chi connectivity index (χ1n) is 6.08. The lowest BCUT2D eigenvalue weighted by Gasteiger charge is -2.14. The molecule has 0 spiro atoms. The van der Waals surface area contributed by atoms with Gasteiger partial charge in [0.1, 0.15) is 5.82 Å². The summed E-state index contributed by atoms with van der Waals surface area (Å²) in [7, 11) is 0. The third kappa shape index (κ3) is 3.23. The van der Waals surface area contributed by atoms with Gasteiger partial charge in [0.05, 0.1) is 11.9 Å². The van der Waals surface area contributed by atoms with Crippen molar-refractivity contribution in [2.45, 2.75) is 33.2 Å². The van der Waals surface area contributed by atoms with E-state index in [2.05, 4.69) is 36.3 Å². The number of nitrogens with zero attached hydrogens (tertiary/aromatic N) is 1. The fourth-order valence-corrected chi connectivity index (χ4v) is 2.86. The molecule has 0 aliphatic heterocycles. The van der Waals surface area contributed by atoms with Crippen LogP contribution in [0.15, 0.2) is 24.4 Å². The minimum atomic E-state index is 0.360. The third-order valence-corrected chi connectivity index (χ3v) is 3.87. The molecule has 96 valence electrons. The number of thiophene rings is 1. The molecule has 3 N–H and O–H groups in total. The minimum absolute atomic E-state index is 0.360. The van der Waals surface area contributed by atoms with E-state index >= 15 is 0 Å². The number of nitrogen functional groups attached to an aromatic ring is 1. The van der Waals surface area contributed by atoms with Crippen LogP contribution in [0.1, 0.15) is 22.2 Å². The fourth-order valence-electron chi connectivity index (χ4n) is 1.85. The summed E-state index contributed by atoms with van der Waals surface area (Å²) in [6.45, 7) is 6.30. The van der Waals surface area contributed by atoms with Crippen molar-refractivity contribution in [1.82, 2.24) is 4.98 Å². The van der Waals surface area contributed by atoms with Gasteiger partial charge in [-0.05, 0) is 44.5 Å². The van der Waals surface area contributed by atoms with Crippen LogP contribution in [0.2, 0.25) is 0 Å². The number of aromatic nitrogens is 1. The standard InChI is InChI=1S/C14H19N3S/c1-9-6-14(16-8-13(9)15)17-10(2)7-12-5-4-11(3)18-12/h4-6,8,10H,7,15H2,1-3H3,(H,16,17). The van der Waals surface area contributed by atoms with Gasteiger partial charge in [0, 0.05) is 22.2 Å². The molecular weight excluding hydrogens is 242 g/mol. The molecule has 1 unspecified atom stereocenters. The van der Waals surface area contributed by atoms with Gasteiger partial charge in [-0.1, -0.05) is 0 Å². The highest BCUT2D eigenvalue weighted by Gasteiger charge is 2.06. The number of aryl methyl sites for hydroxylation is 2. The number of nitrogens with two attached hydrogens (primary N) is 1. The Labute approximate surface area is 112 Å². The van der Waals surface area contributed by atoms with E-state index in [1.165, 1.54) is 9.75 Å². The first kappa shape index (κ1) is 12.9. The summed E-state index contributed by atoms with van der Waals surface area (Å²) in [5, 5.41) is 3.41. The van der Waals surface area contributed by atoms with Crippen LogP contribution in [0.5, 0.6) is 0 Å². The average Bonchev–Trinajstić information content (AvgIpc) is 2.69. The van der Waals surface area contributed by atoms with Crippen molar-refractivity contribution in [2.75, 3.05) is 11.1 Å². The zero-order chi connectivity index (χ0) is 13.1. The Morgan fingerprint density at radius 3 is 2.78 bits per heavy atom. The molecule has 3 nitrogen and oxygen atoms in total. The van der Waals surface area contributed by atoms with E-state index in [1.807, 2.05) is 24.3 Å². The number of anilines is 2. The van der Waals surface area contributed by atoms with E-state index in [-0.39, 0.29) is 0 Å². The largest absolute Gasteiger partial charge is 0.397 e. The topological polar surface area (TPSA) is 50.9 Å². The SMILES string of the molecule is Cc1ccc(CC(C)Nc2cc(C)c(N)cn2)s1. The van der Waals surface area contributed by atoms with Gasteiger partial charge in [-0.15, -0.1) is 11.3 Å². The number of nitrogens with one attached hydrogen (secondary N) is 1. The van der Waals surface area contributed by atoms with Crippen molar-refractivity contribution in [3.8, 4) is 0 Å². The van der Waals surface area contributed by atoms with Crippen LogP contribution in [0.3, 0.4) is 0 Å². The first-order chi connectivity index (χ1) is 8.54. The highest BCUT2D eigenvalue weighted by molar-refractivity contribution is 7.11. The molecule has 0 bridgehead atoms. The van der Waals surface area contributed by atoms with Crippen LogP contribution in [-0.2, 0) is 6.42 Å². The monoisotopic (exact) mass is 261 g/mol. The fraction of sp³-hybridized carbons (Fsp3) is 0.357. The molecule has 0 amide bonds. The Hall–Kier alpha value is -1.55. The molecule has 0 fully saturated rings. The van der Waals surface area contributed by atoms with Crippen molar-refractivity contribution in [1.29, 1.82) is 0 Å². The summed E-state index contributed by atoms with van der Waals surface area (Å²) in [4.78, 5) is 7.06. The Morgan fingerprint density at radius 1 is 1.39 bits per heavy atom. The highest BCUT2D eigenvalue weighted by Crippen LogP contribution is 2.19. The van der Waals surface area contributed by atoms with Crippen molar-refractivity contribution >= 4 is 22.8 Å². The summed E-state index contributed by atoms with van der Waals surface area (Å²) in [5.74, 6) is 0.891. The Bertz CT molecular complexity index is 534. The summed E-state index contributed by atoms with van der Waals surface area (Å²) in [5.41, 5.74) is 7.56. The maximum Gasteiger partial charge on any atom is 0.126 e. The van der Waals surface area contributed by atoms with Crippen LogP contribution >= 0.6 is 11.3 Å². The van der Waals surface area contributed by atoms with E-state index in [0.717, 1.165) is 23.5 Å². The summed E-state index contributed by atoms with van der Waals surface area (Å²) in [6, 6.07) is 6.71. The average molecular weight is 261 g/mol. The van der Waals surface area contributed by atoms with Gasteiger partial charge in [0.25, 0.3) is 0 Å². The van der Waals surface area contributed by atoms with Crippen LogP contribution in [0, 0.1) is 13.8 Å². The number of hydrogen-bond acceptors (Lipinski definition) is 4. The molecule has 0 saturated heterocycles. The maximum absolute atomic E-state index is 5.76. The molecule has 4 heteroatoms. The predicted octanol–water partition coefficient (Wildman–Crippen LogP) is 3.39.